The summed E-state index contributed by atoms with van der Waals surface area (Å²) in [5.74, 6) is -0.420. The summed E-state index contributed by atoms with van der Waals surface area (Å²) < 4.78 is 33.3. The number of esters is 1. The number of nitrogens with zero attached hydrogens (tertiary/aromatic N) is 2. The first-order chi connectivity index (χ1) is 13.4. The number of benzene rings is 1. The number of aromatic nitrogens is 2. The smallest absolute Gasteiger partial charge is 0.338 e. The number of hydrogen-bond acceptors (Lipinski definition) is 7. The number of ether oxygens (including phenoxy) is 2. The molecule has 0 amide bonds. The predicted molar refractivity (Wildman–Crippen MR) is 104 cm³/mol. The van der Waals surface area contributed by atoms with Crippen molar-refractivity contribution in [3.05, 3.63) is 65.5 Å². The molecule has 0 radical (unpaired) electrons. The molecule has 0 atom stereocenters. The number of carbonyl (C=O) groups excluding carboxylic acids is 1. The number of rotatable bonds is 7. The highest BCUT2D eigenvalue weighted by molar-refractivity contribution is 7.90. The third kappa shape index (κ3) is 4.90. The second kappa shape index (κ2) is 8.45. The van der Waals surface area contributed by atoms with Crippen molar-refractivity contribution in [2.24, 2.45) is 0 Å². The van der Waals surface area contributed by atoms with Crippen LogP contribution in [0.5, 0.6) is 0 Å². The number of fused-ring (bicyclic) bond motifs is 1. The molecule has 146 valence electrons. The first-order valence-corrected chi connectivity index (χ1v) is 10.5. The van der Waals surface area contributed by atoms with Crippen LogP contribution in [0.2, 0.25) is 0 Å². The van der Waals surface area contributed by atoms with Crippen molar-refractivity contribution in [2.45, 2.75) is 11.4 Å². The minimum absolute atomic E-state index is 0.0501. The van der Waals surface area contributed by atoms with E-state index in [9.17, 15) is 13.2 Å². The molecule has 0 N–H and O–H groups in total. The Labute approximate surface area is 163 Å². The van der Waals surface area contributed by atoms with E-state index in [0.717, 1.165) is 22.9 Å². The second-order valence-corrected chi connectivity index (χ2v) is 8.25. The van der Waals surface area contributed by atoms with E-state index in [-0.39, 0.29) is 11.6 Å². The molecule has 3 aromatic rings. The van der Waals surface area contributed by atoms with Gasteiger partial charge in [-0.05, 0) is 42.0 Å². The lowest BCUT2D eigenvalue weighted by molar-refractivity contribution is 0.0388. The molecule has 0 spiro atoms. The topological polar surface area (TPSA) is 95.4 Å². The molecule has 2 heterocycles. The molecule has 2 aromatic heterocycles. The first-order valence-electron chi connectivity index (χ1n) is 8.57. The number of methoxy groups -OCH3 is 1. The molecule has 1 aromatic carbocycles. The summed E-state index contributed by atoms with van der Waals surface area (Å²) in [7, 11) is -1.81. The quantitative estimate of drug-likeness (QED) is 0.444. The fraction of sp³-hybridized carbons (Fsp3) is 0.250. The van der Waals surface area contributed by atoms with Crippen LogP contribution in [0, 0.1) is 0 Å². The van der Waals surface area contributed by atoms with Gasteiger partial charge in [0, 0.05) is 37.1 Å². The van der Waals surface area contributed by atoms with Crippen molar-refractivity contribution >= 4 is 26.7 Å². The lowest BCUT2D eigenvalue weighted by Crippen LogP contribution is -2.10. The van der Waals surface area contributed by atoms with E-state index in [4.69, 9.17) is 9.47 Å². The van der Waals surface area contributed by atoms with E-state index >= 15 is 0 Å². The SMILES string of the molecule is COCCOC(=O)c1ccnc(Cc2ccc3nc(S(C)(=O)=O)ccc3c2)c1. The zero-order valence-corrected chi connectivity index (χ0v) is 16.4. The van der Waals surface area contributed by atoms with Crippen LogP contribution in [-0.4, -0.2) is 50.9 Å². The molecular formula is C20H20N2O5S. The zero-order valence-electron chi connectivity index (χ0n) is 15.6. The lowest BCUT2D eigenvalue weighted by atomic mass is 10.1. The van der Waals surface area contributed by atoms with Crippen molar-refractivity contribution in [3.8, 4) is 0 Å². The zero-order chi connectivity index (χ0) is 20.1. The van der Waals surface area contributed by atoms with Crippen molar-refractivity contribution in [1.29, 1.82) is 0 Å². The van der Waals surface area contributed by atoms with Crippen LogP contribution in [0.1, 0.15) is 21.6 Å². The molecule has 7 nitrogen and oxygen atoms in total. The fourth-order valence-corrected chi connectivity index (χ4v) is 3.26. The van der Waals surface area contributed by atoms with Crippen LogP contribution in [0.25, 0.3) is 10.9 Å². The van der Waals surface area contributed by atoms with E-state index in [1.807, 2.05) is 12.1 Å². The molecule has 0 fully saturated rings. The molecule has 0 unspecified atom stereocenters. The predicted octanol–water partition coefficient (Wildman–Crippen LogP) is 2.43. The van der Waals surface area contributed by atoms with Gasteiger partial charge >= 0.3 is 5.97 Å². The maximum atomic E-state index is 12.0. The van der Waals surface area contributed by atoms with E-state index < -0.39 is 15.8 Å². The number of pyridine rings is 2. The highest BCUT2D eigenvalue weighted by atomic mass is 32.2. The molecule has 0 aliphatic heterocycles. The van der Waals surface area contributed by atoms with Gasteiger partial charge in [-0.1, -0.05) is 6.07 Å². The molecule has 0 bridgehead atoms. The molecule has 0 aliphatic carbocycles. The van der Waals surface area contributed by atoms with Crippen molar-refractivity contribution in [3.63, 3.8) is 0 Å². The van der Waals surface area contributed by atoms with Gasteiger partial charge in [0.1, 0.15) is 6.61 Å². The lowest BCUT2D eigenvalue weighted by Gasteiger charge is -2.07. The molecule has 0 saturated heterocycles. The van der Waals surface area contributed by atoms with E-state index in [1.54, 1.807) is 37.6 Å². The van der Waals surface area contributed by atoms with Gasteiger partial charge in [-0.3, -0.25) is 4.98 Å². The molecule has 28 heavy (non-hydrogen) atoms. The van der Waals surface area contributed by atoms with E-state index in [2.05, 4.69) is 9.97 Å². The van der Waals surface area contributed by atoms with Crippen LogP contribution in [0.4, 0.5) is 0 Å². The Bertz CT molecular complexity index is 1110. The maximum absolute atomic E-state index is 12.0. The van der Waals surface area contributed by atoms with Gasteiger partial charge in [-0.15, -0.1) is 0 Å². The van der Waals surface area contributed by atoms with Crippen LogP contribution in [0.15, 0.2) is 53.7 Å². The Balaban J connectivity index is 1.79. The monoisotopic (exact) mass is 400 g/mol. The average Bonchev–Trinajstić information content (AvgIpc) is 2.67. The molecule has 3 rings (SSSR count). The first kappa shape index (κ1) is 19.9. The largest absolute Gasteiger partial charge is 0.460 e. The Kier molecular flexibility index (Phi) is 6.01. The van der Waals surface area contributed by atoms with Crippen LogP contribution in [0.3, 0.4) is 0 Å². The van der Waals surface area contributed by atoms with E-state index in [1.165, 1.54) is 6.07 Å². The summed E-state index contributed by atoms with van der Waals surface area (Å²) in [4.78, 5) is 20.6. The third-order valence-corrected chi connectivity index (χ3v) is 5.05. The minimum Gasteiger partial charge on any atom is -0.460 e. The molecular weight excluding hydrogens is 380 g/mol. The fourth-order valence-electron chi connectivity index (χ4n) is 2.68. The molecule has 0 saturated carbocycles. The summed E-state index contributed by atoms with van der Waals surface area (Å²) >= 11 is 0. The van der Waals surface area contributed by atoms with Crippen LogP contribution in [-0.2, 0) is 25.7 Å². The third-order valence-electron chi connectivity index (χ3n) is 4.07. The number of sulfone groups is 1. The van der Waals surface area contributed by atoms with Crippen molar-refractivity contribution in [1.82, 2.24) is 9.97 Å². The van der Waals surface area contributed by atoms with Gasteiger partial charge in [-0.25, -0.2) is 18.2 Å². The highest BCUT2D eigenvalue weighted by Gasteiger charge is 2.11. The Morgan fingerprint density at radius 2 is 1.89 bits per heavy atom. The van der Waals surface area contributed by atoms with Gasteiger partial charge < -0.3 is 9.47 Å². The second-order valence-electron chi connectivity index (χ2n) is 6.29. The molecule has 0 aliphatic rings. The summed E-state index contributed by atoms with van der Waals surface area (Å²) in [5.41, 5.74) is 2.73. The van der Waals surface area contributed by atoms with E-state index in [0.29, 0.717) is 24.1 Å². The maximum Gasteiger partial charge on any atom is 0.338 e. The van der Waals surface area contributed by atoms with Gasteiger partial charge in [0.25, 0.3) is 0 Å². The normalized spacial score (nSPS) is 11.5. The van der Waals surface area contributed by atoms with Crippen molar-refractivity contribution < 1.29 is 22.7 Å². The average molecular weight is 400 g/mol. The standard InChI is InChI=1S/C20H20N2O5S/c1-26-9-10-27-20(23)16-7-8-21-17(13-16)12-14-3-5-18-15(11-14)4-6-19(22-18)28(2,24)25/h3-8,11,13H,9-10,12H2,1-2H3. The summed E-state index contributed by atoms with van der Waals surface area (Å²) in [6.45, 7) is 0.538. The van der Waals surface area contributed by atoms with Crippen LogP contribution >= 0.6 is 0 Å². The minimum atomic E-state index is -3.35. The summed E-state index contributed by atoms with van der Waals surface area (Å²) in [5, 5.41) is 0.883. The van der Waals surface area contributed by atoms with Gasteiger partial charge in [0.05, 0.1) is 17.7 Å². The molecule has 8 heteroatoms. The van der Waals surface area contributed by atoms with Crippen molar-refractivity contribution in [2.75, 3.05) is 26.6 Å². The Morgan fingerprint density at radius 3 is 2.64 bits per heavy atom. The van der Waals surface area contributed by atoms with Gasteiger partial charge in [-0.2, -0.15) is 0 Å². The summed E-state index contributed by atoms with van der Waals surface area (Å²) in [6, 6.07) is 12.1. The van der Waals surface area contributed by atoms with Gasteiger partial charge in [0.15, 0.2) is 14.9 Å². The highest BCUT2D eigenvalue weighted by Crippen LogP contribution is 2.19. The van der Waals surface area contributed by atoms with Gasteiger partial charge in [0.2, 0.25) is 0 Å². The summed E-state index contributed by atoms with van der Waals surface area (Å²) in [6.07, 6.45) is 3.22. The Hall–Kier alpha value is -2.84. The number of carbonyl (C=O) groups is 1. The Morgan fingerprint density at radius 1 is 1.07 bits per heavy atom. The number of hydrogen-bond donors (Lipinski definition) is 0. The van der Waals surface area contributed by atoms with Crippen LogP contribution < -0.4 is 0 Å².